The number of hydrogen-bond acceptors (Lipinski definition) is 3. The van der Waals surface area contributed by atoms with E-state index in [2.05, 4.69) is 29.4 Å². The first-order valence-electron chi connectivity index (χ1n) is 5.42. The van der Waals surface area contributed by atoms with Crippen molar-refractivity contribution in [3.63, 3.8) is 0 Å². The summed E-state index contributed by atoms with van der Waals surface area (Å²) in [6, 6.07) is 8.28. The molecule has 0 aliphatic rings. The number of aliphatic hydroxyl groups excluding tert-OH is 1. The van der Waals surface area contributed by atoms with Gasteiger partial charge in [0.2, 0.25) is 0 Å². The molecule has 0 unspecified atom stereocenters. The van der Waals surface area contributed by atoms with Crippen LogP contribution >= 0.6 is 11.3 Å². The van der Waals surface area contributed by atoms with Crippen molar-refractivity contribution in [1.29, 1.82) is 0 Å². The Morgan fingerprint density at radius 2 is 2.12 bits per heavy atom. The molecule has 1 heterocycles. The molecule has 1 N–H and O–H groups in total. The highest BCUT2D eigenvalue weighted by molar-refractivity contribution is 7.13. The maximum Gasteiger partial charge on any atom is 0.123 e. The Kier molecular flexibility index (Phi) is 3.70. The summed E-state index contributed by atoms with van der Waals surface area (Å²) in [5.74, 6) is 0. The van der Waals surface area contributed by atoms with Gasteiger partial charge in [-0.1, -0.05) is 24.3 Å². The minimum atomic E-state index is 0.233. The van der Waals surface area contributed by atoms with Crippen molar-refractivity contribution in [3.05, 3.63) is 40.9 Å². The fourth-order valence-electron chi connectivity index (χ4n) is 1.62. The van der Waals surface area contributed by atoms with Crippen molar-refractivity contribution in [2.75, 3.05) is 6.61 Å². The Hall–Kier alpha value is -1.19. The average molecular weight is 233 g/mol. The Bertz CT molecular complexity index is 464. The van der Waals surface area contributed by atoms with E-state index in [1.54, 1.807) is 11.3 Å². The zero-order valence-electron chi connectivity index (χ0n) is 9.31. The number of thiazole rings is 1. The number of aromatic nitrogens is 1. The van der Waals surface area contributed by atoms with E-state index in [0.717, 1.165) is 23.5 Å². The lowest BCUT2D eigenvalue weighted by molar-refractivity contribution is 0.288. The predicted octanol–water partition coefficient (Wildman–Crippen LogP) is 3.04. The highest BCUT2D eigenvalue weighted by Crippen LogP contribution is 2.26. The molecule has 1 aromatic carbocycles. The Morgan fingerprint density at radius 3 is 2.88 bits per heavy atom. The smallest absolute Gasteiger partial charge is 0.123 e. The van der Waals surface area contributed by atoms with Crippen LogP contribution < -0.4 is 0 Å². The summed E-state index contributed by atoms with van der Waals surface area (Å²) in [7, 11) is 0. The van der Waals surface area contributed by atoms with Crippen LogP contribution in [0, 0.1) is 6.92 Å². The molecule has 0 bridgehead atoms. The van der Waals surface area contributed by atoms with E-state index >= 15 is 0 Å². The van der Waals surface area contributed by atoms with Gasteiger partial charge in [-0.2, -0.15) is 0 Å². The molecule has 0 radical (unpaired) electrons. The van der Waals surface area contributed by atoms with E-state index in [9.17, 15) is 0 Å². The molecule has 2 aromatic rings. The molecule has 0 saturated heterocycles. The molecule has 16 heavy (non-hydrogen) atoms. The molecule has 0 spiro atoms. The molecule has 0 aliphatic heterocycles. The number of benzene rings is 1. The third-order valence-electron chi connectivity index (χ3n) is 2.52. The van der Waals surface area contributed by atoms with Gasteiger partial charge in [0.15, 0.2) is 0 Å². The molecule has 0 saturated carbocycles. The molecule has 0 aliphatic carbocycles. The molecule has 0 atom stereocenters. The van der Waals surface area contributed by atoms with E-state index in [-0.39, 0.29) is 6.61 Å². The van der Waals surface area contributed by atoms with Crippen molar-refractivity contribution >= 4 is 11.3 Å². The summed E-state index contributed by atoms with van der Waals surface area (Å²) in [6.07, 6.45) is 1.65. The standard InChI is InChI=1S/C13H15NOS/c1-10-5-2-3-7-12(10)13-14-11(9-16-13)6-4-8-15/h2-3,5,7,9,15H,4,6,8H2,1H3. The van der Waals surface area contributed by atoms with E-state index in [4.69, 9.17) is 5.11 Å². The quantitative estimate of drug-likeness (QED) is 0.880. The Morgan fingerprint density at radius 1 is 1.31 bits per heavy atom. The van der Waals surface area contributed by atoms with Gasteiger partial charge in [0, 0.05) is 17.6 Å². The van der Waals surface area contributed by atoms with E-state index in [0.29, 0.717) is 0 Å². The number of aryl methyl sites for hydroxylation is 2. The molecule has 84 valence electrons. The van der Waals surface area contributed by atoms with Gasteiger partial charge in [0.25, 0.3) is 0 Å². The van der Waals surface area contributed by atoms with E-state index in [1.165, 1.54) is 11.1 Å². The Balaban J connectivity index is 2.22. The zero-order valence-corrected chi connectivity index (χ0v) is 10.1. The normalized spacial score (nSPS) is 10.6. The topological polar surface area (TPSA) is 33.1 Å². The molecule has 1 aromatic heterocycles. The molecular weight excluding hydrogens is 218 g/mol. The highest BCUT2D eigenvalue weighted by atomic mass is 32.1. The highest BCUT2D eigenvalue weighted by Gasteiger charge is 2.06. The lowest BCUT2D eigenvalue weighted by Gasteiger charge is -2.00. The minimum absolute atomic E-state index is 0.233. The van der Waals surface area contributed by atoms with Crippen LogP contribution in [-0.2, 0) is 6.42 Å². The largest absolute Gasteiger partial charge is 0.396 e. The summed E-state index contributed by atoms with van der Waals surface area (Å²) in [5, 5.41) is 11.9. The van der Waals surface area contributed by atoms with Crippen molar-refractivity contribution in [2.24, 2.45) is 0 Å². The van der Waals surface area contributed by atoms with Gasteiger partial charge >= 0.3 is 0 Å². The van der Waals surface area contributed by atoms with Gasteiger partial charge in [-0.15, -0.1) is 11.3 Å². The van der Waals surface area contributed by atoms with E-state index in [1.807, 2.05) is 12.1 Å². The van der Waals surface area contributed by atoms with Gasteiger partial charge in [0.1, 0.15) is 5.01 Å². The third kappa shape index (κ3) is 2.49. The fraction of sp³-hybridized carbons (Fsp3) is 0.308. The first-order valence-corrected chi connectivity index (χ1v) is 6.30. The lowest BCUT2D eigenvalue weighted by atomic mass is 10.1. The summed E-state index contributed by atoms with van der Waals surface area (Å²) >= 11 is 1.67. The van der Waals surface area contributed by atoms with Gasteiger partial charge in [-0.3, -0.25) is 0 Å². The predicted molar refractivity (Wildman–Crippen MR) is 67.7 cm³/mol. The monoisotopic (exact) mass is 233 g/mol. The number of nitrogens with zero attached hydrogens (tertiary/aromatic N) is 1. The third-order valence-corrected chi connectivity index (χ3v) is 3.44. The minimum Gasteiger partial charge on any atom is -0.396 e. The average Bonchev–Trinajstić information content (AvgIpc) is 2.75. The first-order chi connectivity index (χ1) is 7.81. The van der Waals surface area contributed by atoms with Crippen LogP contribution in [0.3, 0.4) is 0 Å². The second kappa shape index (κ2) is 5.23. The van der Waals surface area contributed by atoms with Crippen LogP contribution in [0.2, 0.25) is 0 Å². The van der Waals surface area contributed by atoms with Crippen molar-refractivity contribution < 1.29 is 5.11 Å². The molecular formula is C13H15NOS. The van der Waals surface area contributed by atoms with Crippen molar-refractivity contribution in [2.45, 2.75) is 19.8 Å². The number of aliphatic hydroxyl groups is 1. The molecule has 3 heteroatoms. The molecule has 2 rings (SSSR count). The van der Waals surface area contributed by atoms with E-state index < -0.39 is 0 Å². The van der Waals surface area contributed by atoms with Crippen LogP contribution in [0.1, 0.15) is 17.7 Å². The fourth-order valence-corrected chi connectivity index (χ4v) is 2.56. The van der Waals surface area contributed by atoms with Crippen molar-refractivity contribution in [3.8, 4) is 10.6 Å². The van der Waals surface area contributed by atoms with Gasteiger partial charge in [0.05, 0.1) is 5.69 Å². The summed E-state index contributed by atoms with van der Waals surface area (Å²) in [4.78, 5) is 4.59. The van der Waals surface area contributed by atoms with Crippen molar-refractivity contribution in [1.82, 2.24) is 4.98 Å². The van der Waals surface area contributed by atoms with Gasteiger partial charge in [-0.25, -0.2) is 4.98 Å². The maximum atomic E-state index is 8.77. The number of rotatable bonds is 4. The second-order valence-corrected chi connectivity index (χ2v) is 4.64. The zero-order chi connectivity index (χ0) is 11.4. The van der Waals surface area contributed by atoms with Crippen LogP contribution in [0.15, 0.2) is 29.6 Å². The van der Waals surface area contributed by atoms with Crippen LogP contribution in [0.5, 0.6) is 0 Å². The second-order valence-electron chi connectivity index (χ2n) is 3.79. The lowest BCUT2D eigenvalue weighted by Crippen LogP contribution is -1.89. The SMILES string of the molecule is Cc1ccccc1-c1nc(CCCO)cs1. The molecule has 0 amide bonds. The van der Waals surface area contributed by atoms with Crippen LogP contribution in [0.4, 0.5) is 0 Å². The summed E-state index contributed by atoms with van der Waals surface area (Å²) in [6.45, 7) is 2.33. The van der Waals surface area contributed by atoms with Gasteiger partial charge < -0.3 is 5.11 Å². The van der Waals surface area contributed by atoms with Crippen LogP contribution in [-0.4, -0.2) is 16.7 Å². The summed E-state index contributed by atoms with van der Waals surface area (Å²) < 4.78 is 0. The Labute approximate surface area is 99.6 Å². The molecule has 0 fully saturated rings. The summed E-state index contributed by atoms with van der Waals surface area (Å²) in [5.41, 5.74) is 3.55. The molecule has 2 nitrogen and oxygen atoms in total. The van der Waals surface area contributed by atoms with Crippen LogP contribution in [0.25, 0.3) is 10.6 Å². The van der Waals surface area contributed by atoms with Gasteiger partial charge in [-0.05, 0) is 25.3 Å². The first kappa shape index (κ1) is 11.3. The maximum absolute atomic E-state index is 8.77. The number of hydrogen-bond donors (Lipinski definition) is 1.